The van der Waals surface area contributed by atoms with Gasteiger partial charge in [-0.05, 0) is 37.1 Å². The molecule has 1 aromatic rings. The lowest BCUT2D eigenvalue weighted by atomic mass is 9.86. The number of likely N-dealkylation sites (tertiary alicyclic amines) is 1. The van der Waals surface area contributed by atoms with E-state index in [4.69, 9.17) is 0 Å². The molecule has 3 rings (SSSR count). The van der Waals surface area contributed by atoms with Crippen molar-refractivity contribution in [3.63, 3.8) is 0 Å². The van der Waals surface area contributed by atoms with E-state index in [1.54, 1.807) is 31.2 Å². The van der Waals surface area contributed by atoms with Crippen LogP contribution in [-0.2, 0) is 4.79 Å². The molecule has 2 aliphatic rings. The second kappa shape index (κ2) is 6.45. The maximum absolute atomic E-state index is 12.6. The first-order valence-electron chi connectivity index (χ1n) is 8.25. The summed E-state index contributed by atoms with van der Waals surface area (Å²) in [6.45, 7) is 2.21. The van der Waals surface area contributed by atoms with Crippen LogP contribution in [0.5, 0.6) is 0 Å². The minimum Gasteiger partial charge on any atom is -0.388 e. The van der Waals surface area contributed by atoms with Crippen LogP contribution in [0.2, 0.25) is 0 Å². The fourth-order valence-corrected chi connectivity index (χ4v) is 3.18. The predicted molar refractivity (Wildman–Crippen MR) is 89.1 cm³/mol. The molecule has 2 fully saturated rings. The van der Waals surface area contributed by atoms with Crippen LogP contribution in [0.25, 0.3) is 0 Å². The van der Waals surface area contributed by atoms with Crippen LogP contribution in [0, 0.1) is 0 Å². The van der Waals surface area contributed by atoms with E-state index in [1.807, 2.05) is 0 Å². The summed E-state index contributed by atoms with van der Waals surface area (Å²) in [7, 11) is 0. The minimum absolute atomic E-state index is 0.0416. The summed E-state index contributed by atoms with van der Waals surface area (Å²) in [6.07, 6.45) is -0.222. The van der Waals surface area contributed by atoms with Crippen LogP contribution in [0.4, 0.5) is 10.5 Å². The smallest absolute Gasteiger partial charge is 0.329 e. The maximum atomic E-state index is 12.6. The lowest BCUT2D eigenvalue weighted by molar-refractivity contribution is -0.117. The van der Waals surface area contributed by atoms with Crippen molar-refractivity contribution in [1.29, 1.82) is 0 Å². The normalized spacial score (nSPS) is 26.8. The maximum Gasteiger partial charge on any atom is 0.329 e. The first-order valence-corrected chi connectivity index (χ1v) is 8.25. The number of amides is 4. The molecule has 134 valence electrons. The molecule has 8 nitrogen and oxygen atoms in total. The molecular formula is C17H21N3O5. The quantitative estimate of drug-likeness (QED) is 0.671. The number of hydrogen-bond donors (Lipinski definition) is 3. The van der Waals surface area contributed by atoms with Gasteiger partial charge in [0.15, 0.2) is 0 Å². The number of nitrogens with zero attached hydrogens (tertiary/aromatic N) is 2. The van der Waals surface area contributed by atoms with Gasteiger partial charge in [0.25, 0.3) is 5.91 Å². The first-order chi connectivity index (χ1) is 11.8. The summed E-state index contributed by atoms with van der Waals surface area (Å²) in [4.78, 5) is 38.3. The van der Waals surface area contributed by atoms with Crippen molar-refractivity contribution in [2.75, 3.05) is 24.5 Å². The number of β-amino-alcohol motifs (C(OH)–C–C–N with tert-alkyl or cyclic N) is 1. The summed E-state index contributed by atoms with van der Waals surface area (Å²) in [5.41, 5.74) is -0.196. The third-order valence-corrected chi connectivity index (χ3v) is 4.95. The number of piperidine rings is 1. The van der Waals surface area contributed by atoms with Crippen LogP contribution in [0.3, 0.4) is 0 Å². The Morgan fingerprint density at radius 1 is 1.32 bits per heavy atom. The Labute approximate surface area is 145 Å². The fourth-order valence-electron chi connectivity index (χ4n) is 3.18. The van der Waals surface area contributed by atoms with Crippen LogP contribution in [0.1, 0.15) is 30.1 Å². The average molecular weight is 347 g/mol. The molecule has 2 saturated heterocycles. The topological polar surface area (TPSA) is 110 Å². The number of nitrogens with one attached hydrogen (secondary N) is 1. The molecule has 0 unspecified atom stereocenters. The van der Waals surface area contributed by atoms with Gasteiger partial charge in [0, 0.05) is 24.3 Å². The Kier molecular flexibility index (Phi) is 4.49. The van der Waals surface area contributed by atoms with Gasteiger partial charge in [-0.1, -0.05) is 6.92 Å². The van der Waals surface area contributed by atoms with Gasteiger partial charge >= 0.3 is 6.03 Å². The zero-order valence-corrected chi connectivity index (χ0v) is 13.9. The molecule has 3 N–H and O–H groups in total. The van der Waals surface area contributed by atoms with Gasteiger partial charge in [-0.2, -0.15) is 0 Å². The summed E-state index contributed by atoms with van der Waals surface area (Å²) in [5.74, 6) is -0.610. The molecular weight excluding hydrogens is 326 g/mol. The number of anilines is 1. The minimum atomic E-state index is -1.14. The average Bonchev–Trinajstić information content (AvgIpc) is 2.95. The van der Waals surface area contributed by atoms with Crippen LogP contribution < -0.4 is 10.2 Å². The predicted octanol–water partition coefficient (Wildman–Crippen LogP) is 0.0907. The summed E-state index contributed by atoms with van der Waals surface area (Å²) < 4.78 is 0. The highest BCUT2D eigenvalue weighted by Gasteiger charge is 2.40. The van der Waals surface area contributed by atoms with Crippen LogP contribution >= 0.6 is 0 Å². The Hall–Kier alpha value is -2.45. The molecule has 0 spiro atoms. The van der Waals surface area contributed by atoms with Gasteiger partial charge in [-0.15, -0.1) is 0 Å². The summed E-state index contributed by atoms with van der Waals surface area (Å²) in [6, 6.07) is 5.89. The van der Waals surface area contributed by atoms with Crippen LogP contribution in [-0.4, -0.2) is 64.3 Å². The second-order valence-corrected chi connectivity index (χ2v) is 6.46. The van der Waals surface area contributed by atoms with Gasteiger partial charge in [-0.25, -0.2) is 4.79 Å². The summed E-state index contributed by atoms with van der Waals surface area (Å²) >= 11 is 0. The third-order valence-electron chi connectivity index (χ3n) is 4.95. The van der Waals surface area contributed by atoms with Gasteiger partial charge in [0.05, 0.1) is 5.60 Å². The van der Waals surface area contributed by atoms with Crippen molar-refractivity contribution in [1.82, 2.24) is 10.2 Å². The Morgan fingerprint density at radius 2 is 2.00 bits per heavy atom. The Balaban J connectivity index is 1.69. The van der Waals surface area contributed by atoms with Gasteiger partial charge < -0.3 is 15.1 Å². The molecule has 0 saturated carbocycles. The number of carbonyl (C=O) groups is 3. The zero-order chi connectivity index (χ0) is 18.2. The molecule has 0 bridgehead atoms. The van der Waals surface area contributed by atoms with E-state index in [1.165, 1.54) is 9.80 Å². The number of rotatable bonds is 3. The molecule has 1 aromatic carbocycles. The number of urea groups is 1. The lowest BCUT2D eigenvalue weighted by Gasteiger charge is -2.41. The second-order valence-electron chi connectivity index (χ2n) is 6.46. The molecule has 2 aliphatic heterocycles. The Bertz CT molecular complexity index is 705. The fraction of sp³-hybridized carbons (Fsp3) is 0.471. The van der Waals surface area contributed by atoms with Crippen molar-refractivity contribution in [2.45, 2.75) is 31.5 Å². The largest absolute Gasteiger partial charge is 0.388 e. The van der Waals surface area contributed by atoms with E-state index in [9.17, 15) is 24.6 Å². The number of carbonyl (C=O) groups excluding carboxylic acids is 3. The Morgan fingerprint density at radius 3 is 2.52 bits per heavy atom. The SMILES string of the molecule is CC[C@@]1(O)CCN(C(=O)c2ccc(N3CC(=O)NC3=O)cc2)C[C@H]1O. The van der Waals surface area contributed by atoms with Gasteiger partial charge in [-0.3, -0.25) is 19.8 Å². The molecule has 0 radical (unpaired) electrons. The molecule has 2 atom stereocenters. The molecule has 2 heterocycles. The molecule has 0 aromatic heterocycles. The standard InChI is InChI=1S/C17H21N3O5/c1-2-17(25)7-8-19(9-13(17)21)15(23)11-3-5-12(6-4-11)20-10-14(22)18-16(20)24/h3-6,13,21,25H,2,7-10H2,1H3,(H,18,22,24)/t13-,17-/m1/s1. The van der Waals surface area contributed by atoms with Gasteiger partial charge in [0.1, 0.15) is 12.6 Å². The van der Waals surface area contributed by atoms with Crippen LogP contribution in [0.15, 0.2) is 24.3 Å². The van der Waals surface area contributed by atoms with E-state index in [-0.39, 0.29) is 24.9 Å². The number of aliphatic hydroxyl groups excluding tert-OH is 1. The zero-order valence-electron chi connectivity index (χ0n) is 13.9. The monoisotopic (exact) mass is 347 g/mol. The van der Waals surface area contributed by atoms with E-state index in [0.717, 1.165) is 0 Å². The third kappa shape index (κ3) is 3.22. The van der Waals surface area contributed by atoms with Crippen molar-refractivity contribution in [3.05, 3.63) is 29.8 Å². The molecule has 4 amide bonds. The van der Waals surface area contributed by atoms with E-state index in [0.29, 0.717) is 30.6 Å². The van der Waals surface area contributed by atoms with Crippen molar-refractivity contribution in [2.24, 2.45) is 0 Å². The van der Waals surface area contributed by atoms with Crippen molar-refractivity contribution in [3.8, 4) is 0 Å². The number of aliphatic hydroxyl groups is 2. The molecule has 8 heteroatoms. The van der Waals surface area contributed by atoms with E-state index >= 15 is 0 Å². The van der Waals surface area contributed by atoms with Crippen molar-refractivity contribution >= 4 is 23.5 Å². The highest BCUT2D eigenvalue weighted by Crippen LogP contribution is 2.27. The molecule has 25 heavy (non-hydrogen) atoms. The highest BCUT2D eigenvalue weighted by atomic mass is 16.3. The lowest BCUT2D eigenvalue weighted by Crippen LogP contribution is -2.56. The first kappa shape index (κ1) is 17.4. The highest BCUT2D eigenvalue weighted by molar-refractivity contribution is 6.12. The van der Waals surface area contributed by atoms with Gasteiger partial charge in [0.2, 0.25) is 5.91 Å². The number of imide groups is 1. The van der Waals surface area contributed by atoms with E-state index in [2.05, 4.69) is 5.32 Å². The van der Waals surface area contributed by atoms with Crippen molar-refractivity contribution < 1.29 is 24.6 Å². The summed E-state index contributed by atoms with van der Waals surface area (Å²) in [5, 5.41) is 22.6. The number of hydrogen-bond acceptors (Lipinski definition) is 5. The van der Waals surface area contributed by atoms with E-state index < -0.39 is 17.7 Å². The number of benzene rings is 1. The molecule has 0 aliphatic carbocycles.